The van der Waals surface area contributed by atoms with Crippen LogP contribution in [0.5, 0.6) is 0 Å². The second-order valence-electron chi connectivity index (χ2n) is 5.86. The molecular weight excluding hydrogens is 238 g/mol. The Morgan fingerprint density at radius 3 is 2.47 bits per heavy atom. The van der Waals surface area contributed by atoms with Gasteiger partial charge in [0.1, 0.15) is 0 Å². The molecule has 1 fully saturated rings. The molecule has 0 aromatic heterocycles. The SMILES string of the molecule is CCC(CC)C(CNC(=O)C1CCCCN1)N(C)C. The molecule has 1 saturated heterocycles. The van der Waals surface area contributed by atoms with Crippen molar-refractivity contribution in [3.63, 3.8) is 0 Å². The van der Waals surface area contributed by atoms with Gasteiger partial charge in [0.2, 0.25) is 5.91 Å². The van der Waals surface area contributed by atoms with Crippen LogP contribution in [0.25, 0.3) is 0 Å². The predicted molar refractivity (Wildman–Crippen MR) is 80.2 cm³/mol. The van der Waals surface area contributed by atoms with Gasteiger partial charge >= 0.3 is 0 Å². The molecule has 0 aromatic rings. The number of nitrogens with one attached hydrogen (secondary N) is 2. The summed E-state index contributed by atoms with van der Waals surface area (Å²) in [6.45, 7) is 6.20. The minimum absolute atomic E-state index is 0.0262. The Morgan fingerprint density at radius 2 is 2.00 bits per heavy atom. The van der Waals surface area contributed by atoms with Crippen LogP contribution >= 0.6 is 0 Å². The molecule has 1 rings (SSSR count). The van der Waals surface area contributed by atoms with Crippen molar-refractivity contribution in [3.05, 3.63) is 0 Å². The number of piperidine rings is 1. The second-order valence-corrected chi connectivity index (χ2v) is 5.86. The van der Waals surface area contributed by atoms with Crippen LogP contribution in [0, 0.1) is 5.92 Å². The van der Waals surface area contributed by atoms with Crippen LogP contribution in [-0.4, -0.2) is 50.1 Å². The summed E-state index contributed by atoms with van der Waals surface area (Å²) in [6.07, 6.45) is 5.66. The molecule has 1 aliphatic heterocycles. The number of nitrogens with zero attached hydrogens (tertiary/aromatic N) is 1. The number of amides is 1. The van der Waals surface area contributed by atoms with Crippen LogP contribution in [0.2, 0.25) is 0 Å². The molecule has 1 amide bonds. The highest BCUT2D eigenvalue weighted by molar-refractivity contribution is 5.81. The van der Waals surface area contributed by atoms with Crippen LogP contribution < -0.4 is 10.6 Å². The first-order valence-electron chi connectivity index (χ1n) is 7.77. The summed E-state index contributed by atoms with van der Waals surface area (Å²) in [4.78, 5) is 14.4. The Balaban J connectivity index is 2.44. The van der Waals surface area contributed by atoms with E-state index in [0.717, 1.165) is 38.8 Å². The van der Waals surface area contributed by atoms with Gasteiger partial charge in [-0.1, -0.05) is 33.1 Å². The van der Waals surface area contributed by atoms with E-state index in [1.165, 1.54) is 6.42 Å². The highest BCUT2D eigenvalue weighted by Crippen LogP contribution is 2.16. The van der Waals surface area contributed by atoms with Crippen LogP contribution in [0.15, 0.2) is 0 Å². The minimum atomic E-state index is 0.0262. The quantitative estimate of drug-likeness (QED) is 0.738. The maximum absolute atomic E-state index is 12.1. The first kappa shape index (κ1) is 16.4. The molecule has 2 atom stereocenters. The molecule has 2 unspecified atom stereocenters. The van der Waals surface area contributed by atoms with Gasteiger partial charge in [0.05, 0.1) is 6.04 Å². The number of likely N-dealkylation sites (N-methyl/N-ethyl adjacent to an activating group) is 1. The van der Waals surface area contributed by atoms with Crippen LogP contribution in [0.4, 0.5) is 0 Å². The molecule has 0 bridgehead atoms. The van der Waals surface area contributed by atoms with Gasteiger partial charge in [0, 0.05) is 12.6 Å². The fourth-order valence-electron chi connectivity index (χ4n) is 3.01. The molecule has 0 spiro atoms. The van der Waals surface area contributed by atoms with Gasteiger partial charge in [0.15, 0.2) is 0 Å². The third-order valence-corrected chi connectivity index (χ3v) is 4.37. The zero-order valence-electron chi connectivity index (χ0n) is 13.0. The van der Waals surface area contributed by atoms with E-state index in [2.05, 4.69) is 43.5 Å². The molecule has 4 heteroatoms. The first-order valence-corrected chi connectivity index (χ1v) is 7.77. The minimum Gasteiger partial charge on any atom is -0.353 e. The highest BCUT2D eigenvalue weighted by Gasteiger charge is 2.24. The van der Waals surface area contributed by atoms with E-state index in [1.807, 2.05) is 0 Å². The van der Waals surface area contributed by atoms with Crippen molar-refractivity contribution in [3.8, 4) is 0 Å². The molecule has 112 valence electrons. The van der Waals surface area contributed by atoms with Gasteiger partial charge in [0.25, 0.3) is 0 Å². The third-order valence-electron chi connectivity index (χ3n) is 4.37. The Hall–Kier alpha value is -0.610. The number of carbonyl (C=O) groups excluding carboxylic acids is 1. The normalized spacial score (nSPS) is 21.7. The fraction of sp³-hybridized carbons (Fsp3) is 0.933. The van der Waals surface area contributed by atoms with Crippen molar-refractivity contribution < 1.29 is 4.79 Å². The van der Waals surface area contributed by atoms with Crippen LogP contribution in [0.1, 0.15) is 46.0 Å². The van der Waals surface area contributed by atoms with Gasteiger partial charge in [-0.05, 0) is 39.4 Å². The Labute approximate surface area is 118 Å². The topological polar surface area (TPSA) is 44.4 Å². The lowest BCUT2D eigenvalue weighted by Gasteiger charge is -2.32. The van der Waals surface area contributed by atoms with E-state index < -0.39 is 0 Å². The number of hydrogen-bond acceptors (Lipinski definition) is 3. The predicted octanol–water partition coefficient (Wildman–Crippen LogP) is 1.61. The van der Waals surface area contributed by atoms with Crippen LogP contribution in [0.3, 0.4) is 0 Å². The number of carbonyl (C=O) groups is 1. The number of hydrogen-bond donors (Lipinski definition) is 2. The van der Waals surface area contributed by atoms with E-state index in [9.17, 15) is 4.79 Å². The van der Waals surface area contributed by atoms with Crippen molar-refractivity contribution in [1.82, 2.24) is 15.5 Å². The summed E-state index contributed by atoms with van der Waals surface area (Å²) < 4.78 is 0. The molecule has 0 aromatic carbocycles. The fourth-order valence-corrected chi connectivity index (χ4v) is 3.01. The standard InChI is InChI=1S/C15H31N3O/c1-5-12(6-2)14(18(3)4)11-17-15(19)13-9-7-8-10-16-13/h12-14,16H,5-11H2,1-4H3,(H,17,19). The lowest BCUT2D eigenvalue weighted by atomic mass is 9.93. The van der Waals surface area contributed by atoms with Gasteiger partial charge < -0.3 is 15.5 Å². The van der Waals surface area contributed by atoms with Crippen molar-refractivity contribution in [2.75, 3.05) is 27.2 Å². The molecule has 0 saturated carbocycles. The maximum atomic E-state index is 12.1. The van der Waals surface area contributed by atoms with Crippen molar-refractivity contribution in [1.29, 1.82) is 0 Å². The zero-order chi connectivity index (χ0) is 14.3. The molecule has 0 radical (unpaired) electrons. The summed E-state index contributed by atoms with van der Waals surface area (Å²) in [6, 6.07) is 0.459. The Kier molecular flexibility index (Phi) is 7.39. The average molecular weight is 269 g/mol. The van der Waals surface area contributed by atoms with Crippen molar-refractivity contribution in [2.24, 2.45) is 5.92 Å². The van der Waals surface area contributed by atoms with Gasteiger partial charge in [-0.25, -0.2) is 0 Å². The number of rotatable bonds is 7. The van der Waals surface area contributed by atoms with E-state index in [-0.39, 0.29) is 11.9 Å². The van der Waals surface area contributed by atoms with Gasteiger partial charge in [-0.15, -0.1) is 0 Å². The van der Waals surface area contributed by atoms with E-state index >= 15 is 0 Å². The molecule has 1 aliphatic rings. The third kappa shape index (κ3) is 5.11. The van der Waals surface area contributed by atoms with Crippen molar-refractivity contribution >= 4 is 5.91 Å². The van der Waals surface area contributed by atoms with E-state index in [1.54, 1.807) is 0 Å². The summed E-state index contributed by atoms with van der Waals surface area (Å²) >= 11 is 0. The summed E-state index contributed by atoms with van der Waals surface area (Å²) in [5.41, 5.74) is 0. The largest absolute Gasteiger partial charge is 0.353 e. The van der Waals surface area contributed by atoms with E-state index in [4.69, 9.17) is 0 Å². The molecule has 19 heavy (non-hydrogen) atoms. The lowest BCUT2D eigenvalue weighted by Crippen LogP contribution is -2.51. The Bertz CT molecular complexity index is 258. The summed E-state index contributed by atoms with van der Waals surface area (Å²) in [5, 5.41) is 6.44. The summed E-state index contributed by atoms with van der Waals surface area (Å²) in [7, 11) is 4.21. The smallest absolute Gasteiger partial charge is 0.237 e. The summed E-state index contributed by atoms with van der Waals surface area (Å²) in [5.74, 6) is 0.826. The Morgan fingerprint density at radius 1 is 1.32 bits per heavy atom. The molecular formula is C15H31N3O. The lowest BCUT2D eigenvalue weighted by molar-refractivity contribution is -0.124. The van der Waals surface area contributed by atoms with Crippen LogP contribution in [-0.2, 0) is 4.79 Å². The molecule has 4 nitrogen and oxygen atoms in total. The maximum Gasteiger partial charge on any atom is 0.237 e. The van der Waals surface area contributed by atoms with Gasteiger partial charge in [-0.3, -0.25) is 4.79 Å². The molecule has 1 heterocycles. The van der Waals surface area contributed by atoms with Crippen molar-refractivity contribution in [2.45, 2.75) is 58.0 Å². The average Bonchev–Trinajstić information content (AvgIpc) is 2.43. The second kappa shape index (κ2) is 8.54. The monoisotopic (exact) mass is 269 g/mol. The van der Waals surface area contributed by atoms with Gasteiger partial charge in [-0.2, -0.15) is 0 Å². The van der Waals surface area contributed by atoms with E-state index in [0.29, 0.717) is 12.0 Å². The molecule has 0 aliphatic carbocycles. The zero-order valence-corrected chi connectivity index (χ0v) is 13.0. The highest BCUT2D eigenvalue weighted by atomic mass is 16.2. The first-order chi connectivity index (χ1) is 9.10. The molecule has 2 N–H and O–H groups in total.